The van der Waals surface area contributed by atoms with Crippen molar-refractivity contribution in [2.75, 3.05) is 18.8 Å². The Hall–Kier alpha value is -1.95. The fourth-order valence-electron chi connectivity index (χ4n) is 4.50. The van der Waals surface area contributed by atoms with Gasteiger partial charge in [-0.3, -0.25) is 0 Å². The molecule has 3 heterocycles. The van der Waals surface area contributed by atoms with Gasteiger partial charge in [-0.05, 0) is 70.0 Å². The molecule has 0 radical (unpaired) electrons. The number of allylic oxidation sites excluding steroid dienone is 1. The number of nitrogens with one attached hydrogen (secondary N) is 1. The van der Waals surface area contributed by atoms with Crippen LogP contribution in [0.5, 0.6) is 0 Å². The number of nitrogens with two attached hydrogens (primary N) is 1. The molecule has 2 aliphatic carbocycles. The van der Waals surface area contributed by atoms with Gasteiger partial charge in [0.05, 0.1) is 10.9 Å². The van der Waals surface area contributed by atoms with Crippen molar-refractivity contribution in [2.45, 2.75) is 45.4 Å². The number of nitrogen functional groups attached to an aromatic ring is 1. The van der Waals surface area contributed by atoms with Crippen LogP contribution >= 0.6 is 15.9 Å². The van der Waals surface area contributed by atoms with Gasteiger partial charge in [0.25, 0.3) is 5.90 Å². The fourth-order valence-corrected chi connectivity index (χ4v) is 5.09. The van der Waals surface area contributed by atoms with Crippen LogP contribution in [0.3, 0.4) is 0 Å². The first-order chi connectivity index (χ1) is 13.5. The molecule has 0 aromatic carbocycles. The van der Waals surface area contributed by atoms with Gasteiger partial charge < -0.3 is 15.8 Å². The standard InChI is InChI=1S/C21H25BrN5O/c1-20-10-21(20,11-20)12-24-8-4-2-3-5-14-6-7-16(28-14)27-9-15(22)17-18(23)25-13-26-19(17)27/h3,9,13,24H,2,4,6-8,10-12H2,1H3,(H2,23,25,26)/q+1. The van der Waals surface area contributed by atoms with Gasteiger partial charge in [0, 0.05) is 13.0 Å². The van der Waals surface area contributed by atoms with Gasteiger partial charge in [-0.15, -0.1) is 0 Å². The highest BCUT2D eigenvalue weighted by Gasteiger charge is 2.79. The minimum absolute atomic E-state index is 0.464. The van der Waals surface area contributed by atoms with E-state index in [2.05, 4.69) is 49.9 Å². The van der Waals surface area contributed by atoms with E-state index >= 15 is 0 Å². The maximum Gasteiger partial charge on any atom is 0.344 e. The van der Waals surface area contributed by atoms with Crippen molar-refractivity contribution >= 4 is 37.9 Å². The van der Waals surface area contributed by atoms with Crippen molar-refractivity contribution in [3.05, 3.63) is 35.7 Å². The molecule has 1 aromatic heterocycles. The summed E-state index contributed by atoms with van der Waals surface area (Å²) in [6, 6.07) is 0. The predicted octanol–water partition coefficient (Wildman–Crippen LogP) is 3.83. The van der Waals surface area contributed by atoms with Crippen LogP contribution in [-0.2, 0) is 4.74 Å². The third-order valence-corrected chi connectivity index (χ3v) is 7.16. The van der Waals surface area contributed by atoms with E-state index in [9.17, 15) is 0 Å². The first kappa shape index (κ1) is 18.1. The zero-order valence-electron chi connectivity index (χ0n) is 16.1. The first-order valence-corrected chi connectivity index (χ1v) is 10.8. The summed E-state index contributed by atoms with van der Waals surface area (Å²) in [6.07, 6.45) is 12.2. The lowest BCUT2D eigenvalue weighted by molar-refractivity contribution is -0.371. The molecule has 0 amide bonds. The van der Waals surface area contributed by atoms with Crippen LogP contribution in [0.2, 0.25) is 0 Å². The van der Waals surface area contributed by atoms with E-state index in [-0.39, 0.29) is 0 Å². The Morgan fingerprint density at radius 2 is 2.21 bits per heavy atom. The molecule has 7 heteroatoms. The number of anilines is 1. The average Bonchev–Trinajstić information content (AvgIpc) is 3.19. The van der Waals surface area contributed by atoms with E-state index in [1.807, 2.05) is 10.8 Å². The van der Waals surface area contributed by atoms with Crippen molar-refractivity contribution in [1.82, 2.24) is 15.3 Å². The molecule has 3 N–H and O–H groups in total. The van der Waals surface area contributed by atoms with E-state index in [1.54, 1.807) is 0 Å². The number of fused-ring (bicyclic) bond motifs is 2. The molecule has 0 unspecified atom stereocenters. The molecule has 0 spiro atoms. The number of hydrogen-bond donors (Lipinski definition) is 2. The molecule has 6 nitrogen and oxygen atoms in total. The van der Waals surface area contributed by atoms with Crippen LogP contribution < -0.4 is 11.1 Å². The highest BCUT2D eigenvalue weighted by atomic mass is 79.9. The van der Waals surface area contributed by atoms with Crippen LogP contribution in [0.4, 0.5) is 11.6 Å². The lowest BCUT2D eigenvalue weighted by Crippen LogP contribution is -2.20. The topological polar surface area (TPSA) is 76.1 Å². The summed E-state index contributed by atoms with van der Waals surface area (Å²) in [4.78, 5) is 8.42. The molecule has 28 heavy (non-hydrogen) atoms. The molecule has 3 fully saturated rings. The maximum absolute atomic E-state index is 6.02. The molecule has 4 aliphatic rings. The quantitative estimate of drug-likeness (QED) is 0.397. The normalized spacial score (nSPS) is 31.6. The Morgan fingerprint density at radius 3 is 3.00 bits per heavy atom. The monoisotopic (exact) mass is 442 g/mol. The van der Waals surface area contributed by atoms with Crippen molar-refractivity contribution in [1.29, 1.82) is 0 Å². The van der Waals surface area contributed by atoms with Gasteiger partial charge in [0.2, 0.25) is 6.33 Å². The average molecular weight is 443 g/mol. The molecule has 0 atom stereocenters. The molecule has 2 saturated carbocycles. The summed E-state index contributed by atoms with van der Waals surface area (Å²) < 4.78 is 8.84. The summed E-state index contributed by atoms with van der Waals surface area (Å²) in [6.45, 7) is 4.69. The van der Waals surface area contributed by atoms with Crippen molar-refractivity contribution in [3.63, 3.8) is 0 Å². The number of nitrogens with zero attached hydrogens (tertiary/aromatic N) is 3. The van der Waals surface area contributed by atoms with E-state index in [1.165, 1.54) is 25.7 Å². The predicted molar refractivity (Wildman–Crippen MR) is 112 cm³/mol. The van der Waals surface area contributed by atoms with E-state index in [0.29, 0.717) is 16.6 Å². The second-order valence-corrected chi connectivity index (χ2v) is 9.44. The molecule has 0 bridgehead atoms. The lowest BCUT2D eigenvalue weighted by Gasteiger charge is -2.04. The van der Waals surface area contributed by atoms with Gasteiger partial charge in [0.15, 0.2) is 5.76 Å². The lowest BCUT2D eigenvalue weighted by atomic mass is 10.2. The Balaban J connectivity index is 1.15. The number of unbranched alkanes of at least 4 members (excludes halogenated alkanes) is 1. The number of rotatable bonds is 6. The summed E-state index contributed by atoms with van der Waals surface area (Å²) in [5, 5.41) is 3.62. The smallest absolute Gasteiger partial charge is 0.344 e. The number of ether oxygens (including phenoxy) is 1. The summed E-state index contributed by atoms with van der Waals surface area (Å²) >= 11 is 3.54. The highest BCUT2D eigenvalue weighted by molar-refractivity contribution is 9.15. The van der Waals surface area contributed by atoms with Crippen molar-refractivity contribution in [2.24, 2.45) is 10.8 Å². The van der Waals surface area contributed by atoms with Crippen LogP contribution in [0.25, 0.3) is 4.48 Å². The molecule has 1 aromatic rings. The van der Waals surface area contributed by atoms with Crippen LogP contribution in [0.15, 0.2) is 30.1 Å². The summed E-state index contributed by atoms with van der Waals surface area (Å²) in [5.74, 6) is 2.95. The minimum atomic E-state index is 0.464. The Bertz CT molecular complexity index is 967. The number of aromatic nitrogens is 2. The third-order valence-electron chi connectivity index (χ3n) is 6.56. The third kappa shape index (κ3) is 3.02. The minimum Gasteiger partial charge on any atom is -0.422 e. The summed E-state index contributed by atoms with van der Waals surface area (Å²) in [5.41, 5.74) is 11.5. The van der Waals surface area contributed by atoms with Gasteiger partial charge >= 0.3 is 5.82 Å². The van der Waals surface area contributed by atoms with Gasteiger partial charge in [-0.1, -0.05) is 12.7 Å². The van der Waals surface area contributed by atoms with Crippen LogP contribution in [0, 0.1) is 10.8 Å². The second-order valence-electron chi connectivity index (χ2n) is 8.59. The van der Waals surface area contributed by atoms with Crippen LogP contribution in [-0.4, -0.2) is 33.5 Å². The van der Waals surface area contributed by atoms with E-state index in [0.717, 1.165) is 59.7 Å². The van der Waals surface area contributed by atoms with Crippen molar-refractivity contribution in [3.8, 4) is 0 Å². The van der Waals surface area contributed by atoms with Gasteiger partial charge in [-0.2, -0.15) is 9.56 Å². The van der Waals surface area contributed by atoms with Crippen molar-refractivity contribution < 1.29 is 9.31 Å². The Morgan fingerprint density at radius 1 is 1.39 bits per heavy atom. The Labute approximate surface area is 173 Å². The second kappa shape index (κ2) is 6.55. The maximum atomic E-state index is 6.02. The largest absolute Gasteiger partial charge is 0.422 e. The Kier molecular flexibility index (Phi) is 4.23. The number of hydrogen-bond acceptors (Lipinski definition) is 5. The highest BCUT2D eigenvalue weighted by Crippen LogP contribution is 2.85. The molecular weight excluding hydrogens is 418 g/mol. The van der Waals surface area contributed by atoms with E-state index < -0.39 is 0 Å². The molecular formula is C21H25BrN5O+. The van der Waals surface area contributed by atoms with Gasteiger partial charge in [-0.25, -0.2) is 0 Å². The van der Waals surface area contributed by atoms with Crippen LogP contribution in [0.1, 0.15) is 51.0 Å². The molecule has 146 valence electrons. The molecule has 2 aliphatic heterocycles. The zero-order chi connectivity index (χ0) is 19.4. The SMILES string of the molecule is CC12CC1(CNCCCC=C=C1CCC(=[N+]3C=C(Br)c4c(N)ncnc43)O1)C2. The summed E-state index contributed by atoms with van der Waals surface area (Å²) in [7, 11) is 0. The van der Waals surface area contributed by atoms with Gasteiger partial charge in [0.1, 0.15) is 17.6 Å². The number of halogens is 1. The molecule has 5 rings (SSSR count). The first-order valence-electron chi connectivity index (χ1n) is 9.97. The zero-order valence-corrected chi connectivity index (χ0v) is 17.7. The van der Waals surface area contributed by atoms with E-state index in [4.69, 9.17) is 10.5 Å². The fraction of sp³-hybridized carbons (Fsp3) is 0.524. The molecule has 1 saturated heterocycles.